The average Bonchev–Trinajstić information content (AvgIpc) is 2.62. The van der Waals surface area contributed by atoms with E-state index in [1.54, 1.807) is 6.07 Å². The second kappa shape index (κ2) is 7.14. The molecule has 5 nitrogen and oxygen atoms in total. The maximum absolute atomic E-state index is 14.2. The molecule has 0 aliphatic carbocycles. The van der Waals surface area contributed by atoms with E-state index in [1.807, 2.05) is 31.2 Å². The van der Waals surface area contributed by atoms with E-state index in [0.717, 1.165) is 5.56 Å². The summed E-state index contributed by atoms with van der Waals surface area (Å²) >= 11 is 0. The summed E-state index contributed by atoms with van der Waals surface area (Å²) in [7, 11) is 0. The van der Waals surface area contributed by atoms with Crippen LogP contribution in [0.1, 0.15) is 18.1 Å². The molecule has 1 aliphatic heterocycles. The highest BCUT2D eigenvalue weighted by Gasteiger charge is 2.37. The first-order valence-electron chi connectivity index (χ1n) is 8.43. The molecule has 1 amide bonds. The fraction of sp³-hybridized carbons (Fsp3) is 0.300. The van der Waals surface area contributed by atoms with Gasteiger partial charge in [-0.25, -0.2) is 9.18 Å². The zero-order chi connectivity index (χ0) is 18.7. The fourth-order valence-electron chi connectivity index (χ4n) is 3.50. The second-order valence-electron chi connectivity index (χ2n) is 6.79. The third-order valence-electron chi connectivity index (χ3n) is 4.82. The Hall–Kier alpha value is -2.91. The Labute approximate surface area is 151 Å². The number of carboxylic acid groups (broad SMARTS) is 1. The zero-order valence-corrected chi connectivity index (χ0v) is 14.5. The van der Waals surface area contributed by atoms with Gasteiger partial charge in [-0.3, -0.25) is 0 Å². The number of hydrogen-bond donors (Lipinski definition) is 2. The SMILES string of the molecule is C[C@]1(Cc2cccc(-c3cc(C#N)ccc3F)c2)CNCCN1C(=O)O. The number of amides is 1. The van der Waals surface area contributed by atoms with Gasteiger partial charge in [-0.1, -0.05) is 24.3 Å². The first kappa shape index (κ1) is 17.9. The molecule has 0 bridgehead atoms. The Morgan fingerprint density at radius 1 is 1.38 bits per heavy atom. The normalized spacial score (nSPS) is 19.8. The Morgan fingerprint density at radius 3 is 2.92 bits per heavy atom. The van der Waals surface area contributed by atoms with E-state index in [0.29, 0.717) is 42.7 Å². The summed E-state index contributed by atoms with van der Waals surface area (Å²) in [6, 6.07) is 13.7. The van der Waals surface area contributed by atoms with Crippen LogP contribution in [-0.2, 0) is 6.42 Å². The number of benzene rings is 2. The van der Waals surface area contributed by atoms with Crippen molar-refractivity contribution in [1.29, 1.82) is 5.26 Å². The lowest BCUT2D eigenvalue weighted by atomic mass is 9.88. The van der Waals surface area contributed by atoms with Crippen LogP contribution >= 0.6 is 0 Å². The Bertz CT molecular complexity index is 878. The van der Waals surface area contributed by atoms with Crippen LogP contribution in [0.4, 0.5) is 9.18 Å². The van der Waals surface area contributed by atoms with E-state index >= 15 is 0 Å². The van der Waals surface area contributed by atoms with Crippen molar-refractivity contribution in [1.82, 2.24) is 10.2 Å². The van der Waals surface area contributed by atoms with Crippen molar-refractivity contribution in [3.8, 4) is 17.2 Å². The minimum Gasteiger partial charge on any atom is -0.465 e. The van der Waals surface area contributed by atoms with Crippen LogP contribution in [0.25, 0.3) is 11.1 Å². The van der Waals surface area contributed by atoms with Gasteiger partial charge in [0.25, 0.3) is 0 Å². The summed E-state index contributed by atoms with van der Waals surface area (Å²) in [5.74, 6) is -0.390. The quantitative estimate of drug-likeness (QED) is 0.888. The van der Waals surface area contributed by atoms with Crippen LogP contribution in [0.5, 0.6) is 0 Å². The topological polar surface area (TPSA) is 76.4 Å². The molecule has 26 heavy (non-hydrogen) atoms. The molecular weight excluding hydrogens is 333 g/mol. The average molecular weight is 353 g/mol. The molecule has 1 atom stereocenters. The van der Waals surface area contributed by atoms with Gasteiger partial charge in [0.2, 0.25) is 0 Å². The molecular formula is C20H20FN3O2. The van der Waals surface area contributed by atoms with Crippen molar-refractivity contribution in [2.45, 2.75) is 18.9 Å². The van der Waals surface area contributed by atoms with Gasteiger partial charge in [-0.05, 0) is 42.7 Å². The van der Waals surface area contributed by atoms with Crippen molar-refractivity contribution < 1.29 is 14.3 Å². The summed E-state index contributed by atoms with van der Waals surface area (Å²) in [5, 5.41) is 21.8. The lowest BCUT2D eigenvalue weighted by Gasteiger charge is -2.43. The molecule has 0 aromatic heterocycles. The van der Waals surface area contributed by atoms with E-state index in [1.165, 1.54) is 23.1 Å². The predicted molar refractivity (Wildman–Crippen MR) is 96.3 cm³/mol. The van der Waals surface area contributed by atoms with Crippen molar-refractivity contribution in [3.63, 3.8) is 0 Å². The molecule has 1 fully saturated rings. The van der Waals surface area contributed by atoms with Gasteiger partial charge < -0.3 is 15.3 Å². The van der Waals surface area contributed by atoms with Crippen LogP contribution < -0.4 is 5.32 Å². The van der Waals surface area contributed by atoms with Crippen molar-refractivity contribution in [2.75, 3.05) is 19.6 Å². The third kappa shape index (κ3) is 3.53. The number of halogens is 1. The monoisotopic (exact) mass is 353 g/mol. The number of nitriles is 1. The Morgan fingerprint density at radius 2 is 2.19 bits per heavy atom. The summed E-state index contributed by atoms with van der Waals surface area (Å²) in [6.45, 7) is 3.54. The molecule has 2 aromatic rings. The highest BCUT2D eigenvalue weighted by molar-refractivity contribution is 5.68. The van der Waals surface area contributed by atoms with E-state index in [2.05, 4.69) is 5.32 Å². The molecule has 0 unspecified atom stereocenters. The molecule has 2 aromatic carbocycles. The van der Waals surface area contributed by atoms with Crippen LogP contribution in [0.15, 0.2) is 42.5 Å². The molecule has 0 radical (unpaired) electrons. The fourth-order valence-corrected chi connectivity index (χ4v) is 3.50. The standard InChI is InChI=1S/C20H20FN3O2/c1-20(13-23-7-8-24(20)19(25)26)11-14-3-2-4-16(9-14)17-10-15(12-22)5-6-18(17)21/h2-6,9-10,23H,7-8,11,13H2,1H3,(H,25,26)/t20-/m0/s1. The van der Waals surface area contributed by atoms with Gasteiger partial charge in [-0.2, -0.15) is 5.26 Å². The number of carbonyl (C=O) groups is 1. The van der Waals surface area contributed by atoms with Crippen molar-refractivity contribution in [3.05, 3.63) is 59.4 Å². The van der Waals surface area contributed by atoms with Gasteiger partial charge in [0.05, 0.1) is 17.2 Å². The van der Waals surface area contributed by atoms with Gasteiger partial charge in [0.15, 0.2) is 0 Å². The molecule has 1 saturated heterocycles. The lowest BCUT2D eigenvalue weighted by molar-refractivity contribution is 0.0667. The van der Waals surface area contributed by atoms with Crippen molar-refractivity contribution >= 4 is 6.09 Å². The van der Waals surface area contributed by atoms with Crippen LogP contribution in [0, 0.1) is 17.1 Å². The van der Waals surface area contributed by atoms with Gasteiger partial charge in [-0.15, -0.1) is 0 Å². The van der Waals surface area contributed by atoms with Gasteiger partial charge >= 0.3 is 6.09 Å². The van der Waals surface area contributed by atoms with Crippen LogP contribution in [0.2, 0.25) is 0 Å². The number of nitrogens with zero attached hydrogens (tertiary/aromatic N) is 2. The zero-order valence-electron chi connectivity index (χ0n) is 14.5. The molecule has 1 heterocycles. The molecule has 6 heteroatoms. The molecule has 0 saturated carbocycles. The maximum Gasteiger partial charge on any atom is 0.407 e. The largest absolute Gasteiger partial charge is 0.465 e. The molecule has 0 spiro atoms. The highest BCUT2D eigenvalue weighted by atomic mass is 19.1. The number of rotatable bonds is 3. The summed E-state index contributed by atoms with van der Waals surface area (Å²) in [5.41, 5.74) is 1.78. The summed E-state index contributed by atoms with van der Waals surface area (Å²) in [4.78, 5) is 13.0. The van der Waals surface area contributed by atoms with E-state index in [-0.39, 0.29) is 5.82 Å². The smallest absolute Gasteiger partial charge is 0.407 e. The van der Waals surface area contributed by atoms with Crippen LogP contribution in [0.3, 0.4) is 0 Å². The third-order valence-corrected chi connectivity index (χ3v) is 4.82. The first-order chi connectivity index (χ1) is 12.4. The van der Waals surface area contributed by atoms with E-state index in [4.69, 9.17) is 5.26 Å². The highest BCUT2D eigenvalue weighted by Crippen LogP contribution is 2.28. The molecule has 1 aliphatic rings. The maximum atomic E-state index is 14.2. The Kier molecular flexibility index (Phi) is 4.92. The summed E-state index contributed by atoms with van der Waals surface area (Å²) < 4.78 is 14.2. The summed E-state index contributed by atoms with van der Waals surface area (Å²) in [6.07, 6.45) is -0.419. The van der Waals surface area contributed by atoms with Gasteiger partial charge in [0, 0.05) is 25.2 Å². The van der Waals surface area contributed by atoms with E-state index < -0.39 is 11.6 Å². The second-order valence-corrected chi connectivity index (χ2v) is 6.79. The first-order valence-corrected chi connectivity index (χ1v) is 8.43. The predicted octanol–water partition coefficient (Wildman–Crippen LogP) is 3.25. The van der Waals surface area contributed by atoms with Gasteiger partial charge in [0.1, 0.15) is 5.82 Å². The van der Waals surface area contributed by atoms with Crippen molar-refractivity contribution in [2.24, 2.45) is 0 Å². The minimum atomic E-state index is -0.932. The molecule has 2 N–H and O–H groups in total. The lowest BCUT2D eigenvalue weighted by Crippen LogP contribution is -2.62. The number of piperazine rings is 1. The number of hydrogen-bond acceptors (Lipinski definition) is 3. The molecule has 134 valence electrons. The van der Waals surface area contributed by atoms with Crippen LogP contribution in [-0.4, -0.2) is 41.3 Å². The van der Waals surface area contributed by atoms with E-state index in [9.17, 15) is 14.3 Å². The molecule has 3 rings (SSSR count). The Balaban J connectivity index is 1.93. The minimum absolute atomic E-state index is 0.368. The number of nitrogens with one attached hydrogen (secondary N) is 1.